The van der Waals surface area contributed by atoms with Gasteiger partial charge in [0.1, 0.15) is 0 Å². The highest BCUT2D eigenvalue weighted by Gasteiger charge is 2.11. The number of aliphatic hydroxyl groups is 1. The molecule has 0 amide bonds. The van der Waals surface area contributed by atoms with E-state index in [-0.39, 0.29) is 25.1 Å². The maximum atomic E-state index is 10.2. The van der Waals surface area contributed by atoms with Crippen molar-refractivity contribution in [2.75, 3.05) is 6.61 Å². The van der Waals surface area contributed by atoms with E-state index in [1.54, 1.807) is 0 Å². The number of nitrogens with one attached hydrogen (secondary N) is 1. The number of carboxylic acid groups (broad SMARTS) is 1. The van der Waals surface area contributed by atoms with Gasteiger partial charge in [-0.25, -0.2) is 0 Å². The highest BCUT2D eigenvalue weighted by Crippen LogP contribution is 1.92. The van der Waals surface area contributed by atoms with Crippen molar-refractivity contribution in [2.24, 2.45) is 0 Å². The predicted molar refractivity (Wildman–Crippen MR) is 41.4 cm³/mol. The van der Waals surface area contributed by atoms with Crippen molar-refractivity contribution < 1.29 is 15.0 Å². The SMILES string of the molecule is CC(C)NC(CO)CC(=O)O. The van der Waals surface area contributed by atoms with Gasteiger partial charge < -0.3 is 15.5 Å². The number of rotatable bonds is 5. The molecule has 0 bridgehead atoms. The van der Waals surface area contributed by atoms with Gasteiger partial charge in [-0.15, -0.1) is 0 Å². The Morgan fingerprint density at radius 1 is 1.55 bits per heavy atom. The maximum absolute atomic E-state index is 10.2. The second-order valence-corrected chi connectivity index (χ2v) is 2.80. The van der Waals surface area contributed by atoms with Crippen LogP contribution < -0.4 is 5.32 Å². The molecule has 0 spiro atoms. The minimum absolute atomic E-state index is 0.0331. The average molecular weight is 161 g/mol. The Kier molecular flexibility index (Phi) is 4.81. The lowest BCUT2D eigenvalue weighted by Gasteiger charge is -2.16. The van der Waals surface area contributed by atoms with Gasteiger partial charge in [0.2, 0.25) is 0 Å². The molecule has 0 heterocycles. The Balaban J connectivity index is 3.66. The lowest BCUT2D eigenvalue weighted by molar-refractivity contribution is -0.137. The van der Waals surface area contributed by atoms with Crippen molar-refractivity contribution in [3.05, 3.63) is 0 Å². The summed E-state index contributed by atoms with van der Waals surface area (Å²) in [5, 5.41) is 20.0. The van der Waals surface area contributed by atoms with Crippen LogP contribution in [0.3, 0.4) is 0 Å². The molecule has 4 heteroatoms. The molecule has 4 nitrogen and oxygen atoms in total. The third-order valence-electron chi connectivity index (χ3n) is 1.21. The Hall–Kier alpha value is -0.610. The van der Waals surface area contributed by atoms with Gasteiger partial charge in [-0.1, -0.05) is 13.8 Å². The summed E-state index contributed by atoms with van der Waals surface area (Å²) >= 11 is 0. The Morgan fingerprint density at radius 2 is 2.09 bits per heavy atom. The molecule has 0 aliphatic heterocycles. The van der Waals surface area contributed by atoms with Crippen LogP contribution in [0.4, 0.5) is 0 Å². The second kappa shape index (κ2) is 5.09. The number of carbonyl (C=O) groups is 1. The van der Waals surface area contributed by atoms with Crippen molar-refractivity contribution in [3.8, 4) is 0 Å². The molecule has 0 saturated heterocycles. The molecule has 1 unspecified atom stereocenters. The van der Waals surface area contributed by atoms with Gasteiger partial charge in [0.05, 0.1) is 13.0 Å². The topological polar surface area (TPSA) is 69.6 Å². The first-order valence-corrected chi connectivity index (χ1v) is 3.65. The van der Waals surface area contributed by atoms with Crippen LogP contribution in [0, 0.1) is 0 Å². The summed E-state index contributed by atoms with van der Waals surface area (Å²) in [5.41, 5.74) is 0. The van der Waals surface area contributed by atoms with Crippen molar-refractivity contribution in [1.82, 2.24) is 5.32 Å². The summed E-state index contributed by atoms with van der Waals surface area (Å²) in [6, 6.07) is -0.126. The molecular formula is C7H15NO3. The standard InChI is InChI=1S/C7H15NO3/c1-5(2)8-6(4-9)3-7(10)11/h5-6,8-9H,3-4H2,1-2H3,(H,10,11). The highest BCUT2D eigenvalue weighted by atomic mass is 16.4. The maximum Gasteiger partial charge on any atom is 0.305 e. The molecular weight excluding hydrogens is 146 g/mol. The van der Waals surface area contributed by atoms with E-state index in [4.69, 9.17) is 10.2 Å². The van der Waals surface area contributed by atoms with Crippen molar-refractivity contribution >= 4 is 5.97 Å². The van der Waals surface area contributed by atoms with E-state index in [0.717, 1.165) is 0 Å². The van der Waals surface area contributed by atoms with Gasteiger partial charge in [0.15, 0.2) is 0 Å². The molecule has 0 aromatic heterocycles. The molecule has 0 saturated carbocycles. The zero-order valence-electron chi connectivity index (χ0n) is 6.87. The minimum atomic E-state index is -0.891. The molecule has 0 radical (unpaired) electrons. The largest absolute Gasteiger partial charge is 0.481 e. The normalized spacial score (nSPS) is 13.5. The second-order valence-electron chi connectivity index (χ2n) is 2.80. The van der Waals surface area contributed by atoms with Gasteiger partial charge in [-0.05, 0) is 0 Å². The smallest absolute Gasteiger partial charge is 0.305 e. The Morgan fingerprint density at radius 3 is 2.36 bits per heavy atom. The van der Waals surface area contributed by atoms with Gasteiger partial charge in [-0.3, -0.25) is 4.79 Å². The minimum Gasteiger partial charge on any atom is -0.481 e. The molecule has 3 N–H and O–H groups in total. The van der Waals surface area contributed by atoms with E-state index in [1.165, 1.54) is 0 Å². The van der Waals surface area contributed by atoms with Crippen molar-refractivity contribution in [2.45, 2.75) is 32.4 Å². The molecule has 0 aromatic carbocycles. The summed E-state index contributed by atoms with van der Waals surface area (Å²) in [7, 11) is 0. The zero-order chi connectivity index (χ0) is 8.85. The summed E-state index contributed by atoms with van der Waals surface area (Å²) in [6.07, 6.45) is -0.0331. The fourth-order valence-electron chi connectivity index (χ4n) is 0.858. The van der Waals surface area contributed by atoms with E-state index in [1.807, 2.05) is 13.8 Å². The van der Waals surface area contributed by atoms with Gasteiger partial charge in [0, 0.05) is 12.1 Å². The Bertz CT molecular complexity index is 125. The van der Waals surface area contributed by atoms with Gasteiger partial charge >= 0.3 is 5.97 Å². The third-order valence-corrected chi connectivity index (χ3v) is 1.21. The molecule has 0 aliphatic rings. The summed E-state index contributed by atoms with van der Waals surface area (Å²) in [4.78, 5) is 10.2. The first-order valence-electron chi connectivity index (χ1n) is 3.65. The highest BCUT2D eigenvalue weighted by molar-refractivity contribution is 5.67. The summed E-state index contributed by atoms with van der Waals surface area (Å²) in [6.45, 7) is 3.68. The van der Waals surface area contributed by atoms with Crippen LogP contribution >= 0.6 is 0 Å². The number of hydrogen-bond donors (Lipinski definition) is 3. The fourth-order valence-corrected chi connectivity index (χ4v) is 0.858. The van der Waals surface area contributed by atoms with Crippen LogP contribution in [-0.4, -0.2) is 34.9 Å². The third kappa shape index (κ3) is 5.82. The molecule has 0 aromatic rings. The average Bonchev–Trinajstić information content (AvgIpc) is 1.84. The first kappa shape index (κ1) is 10.4. The molecule has 0 fully saturated rings. The predicted octanol–water partition coefficient (Wildman–Crippen LogP) is -0.180. The van der Waals surface area contributed by atoms with E-state index in [0.29, 0.717) is 0 Å². The molecule has 1 atom stereocenters. The molecule has 0 rings (SSSR count). The monoisotopic (exact) mass is 161 g/mol. The number of carboxylic acids is 1. The fraction of sp³-hybridized carbons (Fsp3) is 0.857. The number of hydrogen-bond acceptors (Lipinski definition) is 3. The van der Waals surface area contributed by atoms with E-state index >= 15 is 0 Å². The molecule has 0 aliphatic carbocycles. The van der Waals surface area contributed by atoms with E-state index in [9.17, 15) is 4.79 Å². The van der Waals surface area contributed by atoms with E-state index < -0.39 is 5.97 Å². The quantitative estimate of drug-likeness (QED) is 0.523. The van der Waals surface area contributed by atoms with Crippen LogP contribution in [0.2, 0.25) is 0 Å². The lowest BCUT2D eigenvalue weighted by Crippen LogP contribution is -2.38. The first-order chi connectivity index (χ1) is 5.06. The number of aliphatic carboxylic acids is 1. The Labute approximate surface area is 66.2 Å². The van der Waals surface area contributed by atoms with Crippen molar-refractivity contribution in [1.29, 1.82) is 0 Å². The summed E-state index contributed by atoms with van der Waals surface area (Å²) < 4.78 is 0. The van der Waals surface area contributed by atoms with Crippen molar-refractivity contribution in [3.63, 3.8) is 0 Å². The van der Waals surface area contributed by atoms with Gasteiger partial charge in [0.25, 0.3) is 0 Å². The number of aliphatic hydroxyl groups excluding tert-OH is 1. The molecule has 66 valence electrons. The van der Waals surface area contributed by atoms with Gasteiger partial charge in [-0.2, -0.15) is 0 Å². The summed E-state index contributed by atoms with van der Waals surface area (Å²) in [5.74, 6) is -0.891. The van der Waals surface area contributed by atoms with Crippen LogP contribution in [0.5, 0.6) is 0 Å². The van der Waals surface area contributed by atoms with E-state index in [2.05, 4.69) is 5.32 Å². The zero-order valence-corrected chi connectivity index (χ0v) is 6.87. The van der Waals surface area contributed by atoms with Crippen LogP contribution in [0.25, 0.3) is 0 Å². The lowest BCUT2D eigenvalue weighted by atomic mass is 10.2. The van der Waals surface area contributed by atoms with Crippen LogP contribution in [0.15, 0.2) is 0 Å². The van der Waals surface area contributed by atoms with Crippen LogP contribution in [0.1, 0.15) is 20.3 Å². The molecule has 11 heavy (non-hydrogen) atoms. The van der Waals surface area contributed by atoms with Crippen LogP contribution in [-0.2, 0) is 4.79 Å².